The second-order valence-corrected chi connectivity index (χ2v) is 4.58. The van der Waals surface area contributed by atoms with Gasteiger partial charge in [0, 0.05) is 48.5 Å². The quantitative estimate of drug-likeness (QED) is 0.606. The number of anilines is 2. The van der Waals surface area contributed by atoms with Gasteiger partial charge in [0.05, 0.1) is 12.7 Å². The van der Waals surface area contributed by atoms with E-state index in [4.69, 9.17) is 10.8 Å². The SMILES string of the molecule is Cn1ccc(-c2cc(NCC(O)CO)ccc2N)c1. The van der Waals surface area contributed by atoms with Crippen molar-refractivity contribution in [2.45, 2.75) is 6.10 Å². The average Bonchev–Trinajstić information content (AvgIpc) is 2.83. The minimum atomic E-state index is -0.766. The number of nitrogens with one attached hydrogen (secondary N) is 1. The number of nitrogens with zero attached hydrogens (tertiary/aromatic N) is 1. The molecule has 1 unspecified atom stereocenters. The minimum absolute atomic E-state index is 0.256. The molecule has 0 saturated heterocycles. The molecule has 1 aromatic heterocycles. The van der Waals surface area contributed by atoms with Crippen molar-refractivity contribution in [3.8, 4) is 11.1 Å². The Morgan fingerprint density at radius 1 is 1.37 bits per heavy atom. The molecule has 0 aliphatic carbocycles. The summed E-state index contributed by atoms with van der Waals surface area (Å²) in [4.78, 5) is 0. The molecule has 19 heavy (non-hydrogen) atoms. The molecule has 0 aliphatic heterocycles. The van der Waals surface area contributed by atoms with Crippen LogP contribution >= 0.6 is 0 Å². The highest BCUT2D eigenvalue weighted by Crippen LogP contribution is 2.28. The standard InChI is InChI=1S/C14H19N3O2/c1-17-5-4-10(8-17)13-6-11(2-3-14(13)15)16-7-12(19)9-18/h2-6,8,12,16,18-19H,7,9,15H2,1H3. The van der Waals surface area contributed by atoms with E-state index < -0.39 is 6.10 Å². The van der Waals surface area contributed by atoms with E-state index in [9.17, 15) is 5.11 Å². The van der Waals surface area contributed by atoms with Gasteiger partial charge in [-0.3, -0.25) is 0 Å². The molecule has 0 aliphatic rings. The lowest BCUT2D eigenvalue weighted by atomic mass is 10.1. The molecule has 0 radical (unpaired) electrons. The summed E-state index contributed by atoms with van der Waals surface area (Å²) in [6.45, 7) is 0.0438. The van der Waals surface area contributed by atoms with Crippen molar-refractivity contribution in [3.63, 3.8) is 0 Å². The first-order chi connectivity index (χ1) is 9.10. The highest BCUT2D eigenvalue weighted by molar-refractivity contribution is 5.79. The molecule has 5 heteroatoms. The number of benzene rings is 1. The smallest absolute Gasteiger partial charge is 0.0942 e. The predicted octanol–water partition coefficient (Wildman–Crippen LogP) is 1.04. The van der Waals surface area contributed by atoms with Gasteiger partial charge in [-0.05, 0) is 24.3 Å². The molecular weight excluding hydrogens is 242 g/mol. The number of nitrogen functional groups attached to an aromatic ring is 1. The number of nitrogens with two attached hydrogens (primary N) is 1. The Morgan fingerprint density at radius 3 is 2.79 bits per heavy atom. The number of hydrogen-bond donors (Lipinski definition) is 4. The molecule has 1 heterocycles. The maximum Gasteiger partial charge on any atom is 0.0942 e. The molecule has 5 nitrogen and oxygen atoms in total. The number of aryl methyl sites for hydroxylation is 1. The summed E-state index contributed by atoms with van der Waals surface area (Å²) in [6, 6.07) is 7.62. The van der Waals surface area contributed by atoms with E-state index in [2.05, 4.69) is 5.32 Å². The zero-order valence-corrected chi connectivity index (χ0v) is 10.9. The van der Waals surface area contributed by atoms with Crippen molar-refractivity contribution >= 4 is 11.4 Å². The van der Waals surface area contributed by atoms with Gasteiger partial charge in [0.1, 0.15) is 0 Å². The van der Waals surface area contributed by atoms with Crippen LogP contribution in [0.1, 0.15) is 0 Å². The highest BCUT2D eigenvalue weighted by atomic mass is 16.3. The van der Waals surface area contributed by atoms with Gasteiger partial charge in [-0.1, -0.05) is 0 Å². The molecule has 0 fully saturated rings. The third kappa shape index (κ3) is 3.27. The molecule has 1 aromatic carbocycles. The van der Waals surface area contributed by atoms with Crippen LogP contribution in [0.2, 0.25) is 0 Å². The minimum Gasteiger partial charge on any atom is -0.398 e. The van der Waals surface area contributed by atoms with Gasteiger partial charge in [-0.2, -0.15) is 0 Å². The van der Waals surface area contributed by atoms with Crippen LogP contribution in [0.25, 0.3) is 11.1 Å². The molecule has 0 amide bonds. The summed E-state index contributed by atoms with van der Waals surface area (Å²) < 4.78 is 1.96. The lowest BCUT2D eigenvalue weighted by molar-refractivity contribution is 0.105. The van der Waals surface area contributed by atoms with Gasteiger partial charge >= 0.3 is 0 Å². The van der Waals surface area contributed by atoms with Gasteiger partial charge in [0.25, 0.3) is 0 Å². The van der Waals surface area contributed by atoms with Gasteiger partial charge in [-0.15, -0.1) is 0 Å². The van der Waals surface area contributed by atoms with Crippen LogP contribution in [0.5, 0.6) is 0 Å². The van der Waals surface area contributed by atoms with Gasteiger partial charge in [0.2, 0.25) is 0 Å². The molecule has 0 bridgehead atoms. The first-order valence-electron chi connectivity index (χ1n) is 6.15. The second-order valence-electron chi connectivity index (χ2n) is 4.58. The van der Waals surface area contributed by atoms with Crippen LogP contribution in [-0.4, -0.2) is 34.0 Å². The largest absolute Gasteiger partial charge is 0.398 e. The lowest BCUT2D eigenvalue weighted by Crippen LogP contribution is -2.22. The molecule has 2 rings (SSSR count). The Balaban J connectivity index is 2.20. The highest BCUT2D eigenvalue weighted by Gasteiger charge is 2.06. The molecular formula is C14H19N3O2. The number of aliphatic hydroxyl groups excluding tert-OH is 2. The predicted molar refractivity (Wildman–Crippen MR) is 76.8 cm³/mol. The number of rotatable bonds is 5. The molecule has 0 saturated carbocycles. The van der Waals surface area contributed by atoms with E-state index >= 15 is 0 Å². The van der Waals surface area contributed by atoms with E-state index in [-0.39, 0.29) is 6.61 Å². The van der Waals surface area contributed by atoms with Crippen molar-refractivity contribution in [2.24, 2.45) is 7.05 Å². The third-order valence-corrected chi connectivity index (χ3v) is 2.95. The fourth-order valence-electron chi connectivity index (χ4n) is 1.88. The summed E-state index contributed by atoms with van der Waals surface area (Å²) >= 11 is 0. The molecule has 2 aromatic rings. The van der Waals surface area contributed by atoms with Crippen LogP contribution < -0.4 is 11.1 Å². The van der Waals surface area contributed by atoms with Crippen LogP contribution in [0.3, 0.4) is 0 Å². The van der Waals surface area contributed by atoms with Crippen molar-refractivity contribution in [1.29, 1.82) is 0 Å². The van der Waals surface area contributed by atoms with E-state index in [1.807, 2.05) is 48.3 Å². The van der Waals surface area contributed by atoms with E-state index in [0.29, 0.717) is 12.2 Å². The Labute approximate surface area is 112 Å². The Morgan fingerprint density at radius 2 is 2.16 bits per heavy atom. The lowest BCUT2D eigenvalue weighted by Gasteiger charge is -2.12. The van der Waals surface area contributed by atoms with E-state index in [1.165, 1.54) is 0 Å². The Kier molecular flexibility index (Phi) is 4.09. The number of aromatic nitrogens is 1. The van der Waals surface area contributed by atoms with Crippen molar-refractivity contribution in [2.75, 3.05) is 24.2 Å². The average molecular weight is 261 g/mol. The zero-order valence-electron chi connectivity index (χ0n) is 10.9. The van der Waals surface area contributed by atoms with Crippen LogP contribution in [0.15, 0.2) is 36.7 Å². The van der Waals surface area contributed by atoms with E-state index in [1.54, 1.807) is 0 Å². The maximum absolute atomic E-state index is 9.32. The summed E-state index contributed by atoms with van der Waals surface area (Å²) in [7, 11) is 1.96. The summed E-state index contributed by atoms with van der Waals surface area (Å²) in [6.07, 6.45) is 3.19. The summed E-state index contributed by atoms with van der Waals surface area (Å²) in [5.41, 5.74) is 9.55. The zero-order chi connectivity index (χ0) is 13.8. The molecule has 1 atom stereocenters. The van der Waals surface area contributed by atoms with Crippen LogP contribution in [-0.2, 0) is 7.05 Å². The molecule has 0 spiro atoms. The fraction of sp³-hybridized carbons (Fsp3) is 0.286. The summed E-state index contributed by atoms with van der Waals surface area (Å²) in [5.74, 6) is 0. The molecule has 102 valence electrons. The van der Waals surface area contributed by atoms with Crippen molar-refractivity contribution in [3.05, 3.63) is 36.7 Å². The fourth-order valence-corrected chi connectivity index (χ4v) is 1.88. The summed E-state index contributed by atoms with van der Waals surface area (Å²) in [5, 5.41) is 21.2. The normalized spacial score (nSPS) is 12.4. The van der Waals surface area contributed by atoms with Crippen molar-refractivity contribution in [1.82, 2.24) is 4.57 Å². The van der Waals surface area contributed by atoms with Gasteiger partial charge in [0.15, 0.2) is 0 Å². The maximum atomic E-state index is 9.32. The second kappa shape index (κ2) is 5.77. The number of aliphatic hydroxyl groups is 2. The van der Waals surface area contributed by atoms with Gasteiger partial charge in [-0.25, -0.2) is 0 Å². The van der Waals surface area contributed by atoms with Crippen molar-refractivity contribution < 1.29 is 10.2 Å². The monoisotopic (exact) mass is 261 g/mol. The first kappa shape index (κ1) is 13.5. The number of hydrogen-bond acceptors (Lipinski definition) is 4. The molecule has 5 N–H and O–H groups in total. The Bertz CT molecular complexity index is 551. The van der Waals surface area contributed by atoms with Crippen LogP contribution in [0.4, 0.5) is 11.4 Å². The van der Waals surface area contributed by atoms with Gasteiger partial charge < -0.3 is 25.8 Å². The van der Waals surface area contributed by atoms with E-state index in [0.717, 1.165) is 16.8 Å². The topological polar surface area (TPSA) is 83.4 Å². The first-order valence-corrected chi connectivity index (χ1v) is 6.15. The third-order valence-electron chi connectivity index (χ3n) is 2.95. The van der Waals surface area contributed by atoms with Crippen LogP contribution in [0, 0.1) is 0 Å². The Hall–Kier alpha value is -1.98.